The van der Waals surface area contributed by atoms with E-state index in [1.54, 1.807) is 14.0 Å². The van der Waals surface area contributed by atoms with E-state index in [9.17, 15) is 9.59 Å². The number of hydrogen-bond acceptors (Lipinski definition) is 5. The van der Waals surface area contributed by atoms with Gasteiger partial charge in [-0.25, -0.2) is 4.31 Å². The van der Waals surface area contributed by atoms with E-state index < -0.39 is 0 Å². The zero-order valence-corrected chi connectivity index (χ0v) is 22.2. The van der Waals surface area contributed by atoms with Gasteiger partial charge in [0.25, 0.3) is 5.91 Å². The molecule has 3 aromatic rings. The molecule has 1 aromatic heterocycles. The minimum absolute atomic E-state index is 0.0500. The third kappa shape index (κ3) is 4.58. The lowest BCUT2D eigenvalue weighted by Gasteiger charge is -2.24. The molecule has 0 atom stereocenters. The fourth-order valence-electron chi connectivity index (χ4n) is 5.59. The molecule has 1 aliphatic heterocycles. The van der Waals surface area contributed by atoms with Crippen molar-refractivity contribution in [2.24, 2.45) is 0 Å². The van der Waals surface area contributed by atoms with Crippen molar-refractivity contribution in [2.75, 3.05) is 21.2 Å². The molecule has 2 aliphatic rings. The number of amides is 1. The molecule has 188 valence electrons. The molecule has 0 radical (unpaired) electrons. The predicted octanol–water partition coefficient (Wildman–Crippen LogP) is 6.21. The Morgan fingerprint density at radius 1 is 1.08 bits per heavy atom. The van der Waals surface area contributed by atoms with Gasteiger partial charge < -0.3 is 9.30 Å². The number of methoxy groups -OCH3 is 1. The molecule has 6 nitrogen and oxygen atoms in total. The van der Waals surface area contributed by atoms with Crippen molar-refractivity contribution >= 4 is 40.8 Å². The Bertz CT molecular complexity index is 1370. The zero-order valence-electron chi connectivity index (χ0n) is 21.4. The average molecular weight is 504 g/mol. The van der Waals surface area contributed by atoms with Crippen LogP contribution in [0.4, 0.5) is 0 Å². The van der Waals surface area contributed by atoms with Crippen LogP contribution in [-0.2, 0) is 11.3 Å². The van der Waals surface area contributed by atoms with Crippen LogP contribution in [0.3, 0.4) is 0 Å². The molecule has 0 unspecified atom stereocenters. The first-order chi connectivity index (χ1) is 17.4. The number of allylic oxidation sites excluding steroid dienone is 1. The summed E-state index contributed by atoms with van der Waals surface area (Å²) in [6.45, 7) is 2.10. The molecule has 2 aromatic carbocycles. The van der Waals surface area contributed by atoms with E-state index >= 15 is 0 Å². The Kier molecular flexibility index (Phi) is 6.95. The average Bonchev–Trinajstić information content (AvgIpc) is 3.09. The normalized spacial score (nSPS) is 15.8. The van der Waals surface area contributed by atoms with Gasteiger partial charge in [-0.3, -0.25) is 14.3 Å². The number of ketones is 1. The summed E-state index contributed by atoms with van der Waals surface area (Å²) in [4.78, 5) is 25.6. The molecule has 2 heterocycles. The number of carbonyl (C=O) groups is 2. The fraction of sp³-hybridized carbons (Fsp3) is 0.379. The van der Waals surface area contributed by atoms with Crippen LogP contribution in [0.15, 0.2) is 42.0 Å². The Morgan fingerprint density at radius 2 is 1.86 bits per heavy atom. The van der Waals surface area contributed by atoms with Gasteiger partial charge in [0.15, 0.2) is 5.78 Å². The molecule has 0 bridgehead atoms. The molecule has 5 rings (SSSR count). The summed E-state index contributed by atoms with van der Waals surface area (Å²) in [6, 6.07) is 12.2. The molecule has 1 N–H and O–H groups in total. The Labute approximate surface area is 217 Å². The number of hydrogen-bond donors (Lipinski definition) is 1. The van der Waals surface area contributed by atoms with Gasteiger partial charge in [0.05, 0.1) is 19.3 Å². The second kappa shape index (κ2) is 10.1. The van der Waals surface area contributed by atoms with Gasteiger partial charge in [-0.15, -0.1) is 0 Å². The summed E-state index contributed by atoms with van der Waals surface area (Å²) < 4.78 is 12.5. The third-order valence-electron chi connectivity index (χ3n) is 7.32. The van der Waals surface area contributed by atoms with Crippen molar-refractivity contribution in [2.45, 2.75) is 51.5 Å². The molecule has 36 heavy (non-hydrogen) atoms. The summed E-state index contributed by atoms with van der Waals surface area (Å²) >= 11 is 1.26. The second-order valence-electron chi connectivity index (χ2n) is 9.93. The SMILES string of the molecule is COc1ccc2c(c1)C=C(C(C)=O)Cn1c-2c(C2CCCCC2)c2ccc(C(=O)NSN(C)C)cc21. The van der Waals surface area contributed by atoms with Crippen molar-refractivity contribution in [1.29, 1.82) is 0 Å². The van der Waals surface area contributed by atoms with Crippen molar-refractivity contribution < 1.29 is 14.3 Å². The number of Topliss-reactive ketones (excluding diaryl/α,β-unsaturated/α-hetero) is 1. The Balaban J connectivity index is 1.76. The van der Waals surface area contributed by atoms with Crippen LogP contribution < -0.4 is 9.46 Å². The maximum absolute atomic E-state index is 12.9. The van der Waals surface area contributed by atoms with E-state index in [-0.39, 0.29) is 11.7 Å². The first-order valence-corrected chi connectivity index (χ1v) is 13.4. The lowest BCUT2D eigenvalue weighted by atomic mass is 9.81. The van der Waals surface area contributed by atoms with Gasteiger partial charge in [-0.1, -0.05) is 25.3 Å². The second-order valence-corrected chi connectivity index (χ2v) is 11.0. The maximum Gasteiger partial charge on any atom is 0.262 e. The van der Waals surface area contributed by atoms with E-state index in [1.165, 1.54) is 48.0 Å². The minimum Gasteiger partial charge on any atom is -0.497 e. The number of carbonyl (C=O) groups excluding carboxylic acids is 2. The first kappa shape index (κ1) is 24.7. The summed E-state index contributed by atoms with van der Waals surface area (Å²) in [5.74, 6) is 1.14. The number of benzene rings is 2. The zero-order chi connectivity index (χ0) is 25.4. The summed E-state index contributed by atoms with van der Waals surface area (Å²) in [6.07, 6.45) is 8.06. The lowest BCUT2D eigenvalue weighted by molar-refractivity contribution is -0.113. The van der Waals surface area contributed by atoms with Crippen LogP contribution in [-0.4, -0.2) is 41.8 Å². The van der Waals surface area contributed by atoms with Crippen molar-refractivity contribution in [1.82, 2.24) is 13.6 Å². The summed E-state index contributed by atoms with van der Waals surface area (Å²) in [5.41, 5.74) is 6.99. The van der Waals surface area contributed by atoms with Gasteiger partial charge >= 0.3 is 0 Å². The van der Waals surface area contributed by atoms with E-state index in [0.717, 1.165) is 40.8 Å². The number of fused-ring (bicyclic) bond motifs is 5. The fourth-order valence-corrected chi connectivity index (χ4v) is 5.97. The first-order valence-electron chi connectivity index (χ1n) is 12.6. The quantitative estimate of drug-likeness (QED) is 0.406. The molecule has 1 aliphatic carbocycles. The molecule has 0 spiro atoms. The van der Waals surface area contributed by atoms with Gasteiger partial charge in [0.2, 0.25) is 0 Å². The highest BCUT2D eigenvalue weighted by molar-refractivity contribution is 7.95. The predicted molar refractivity (Wildman–Crippen MR) is 147 cm³/mol. The number of ether oxygens (including phenoxy) is 1. The van der Waals surface area contributed by atoms with Crippen LogP contribution in [0.25, 0.3) is 28.2 Å². The smallest absolute Gasteiger partial charge is 0.262 e. The summed E-state index contributed by atoms with van der Waals surface area (Å²) in [7, 11) is 5.44. The van der Waals surface area contributed by atoms with E-state index in [1.807, 2.05) is 48.7 Å². The van der Waals surface area contributed by atoms with E-state index in [4.69, 9.17) is 4.74 Å². The van der Waals surface area contributed by atoms with Crippen molar-refractivity contribution in [3.63, 3.8) is 0 Å². The van der Waals surface area contributed by atoms with Crippen molar-refractivity contribution in [3.05, 3.63) is 58.7 Å². The molecule has 7 heteroatoms. The molecule has 1 fully saturated rings. The van der Waals surface area contributed by atoms with Gasteiger partial charge in [0.1, 0.15) is 5.75 Å². The molecule has 1 amide bonds. The van der Waals surface area contributed by atoms with Crippen molar-refractivity contribution in [3.8, 4) is 17.0 Å². The summed E-state index contributed by atoms with van der Waals surface area (Å²) in [5, 5.41) is 1.18. The van der Waals surface area contributed by atoms with Crippen LogP contribution in [0.5, 0.6) is 5.75 Å². The van der Waals surface area contributed by atoms with Gasteiger partial charge in [0, 0.05) is 39.7 Å². The topological polar surface area (TPSA) is 63.6 Å². The lowest BCUT2D eigenvalue weighted by Crippen LogP contribution is -2.20. The van der Waals surface area contributed by atoms with Crippen LogP contribution >= 0.6 is 12.1 Å². The highest BCUT2D eigenvalue weighted by atomic mass is 32.2. The van der Waals surface area contributed by atoms with Crippen LogP contribution in [0.1, 0.15) is 66.4 Å². The molecular weight excluding hydrogens is 470 g/mol. The Hall–Kier alpha value is -3.03. The number of nitrogens with one attached hydrogen (secondary N) is 1. The van der Waals surface area contributed by atoms with E-state index in [2.05, 4.69) is 21.4 Å². The Morgan fingerprint density at radius 3 is 2.56 bits per heavy atom. The molecule has 1 saturated carbocycles. The molecule has 0 saturated heterocycles. The highest BCUT2D eigenvalue weighted by Gasteiger charge is 2.30. The minimum atomic E-state index is -0.133. The van der Waals surface area contributed by atoms with Crippen LogP contribution in [0, 0.1) is 0 Å². The van der Waals surface area contributed by atoms with E-state index in [0.29, 0.717) is 18.0 Å². The van der Waals surface area contributed by atoms with Gasteiger partial charge in [-0.2, -0.15) is 0 Å². The highest BCUT2D eigenvalue weighted by Crippen LogP contribution is 2.47. The number of nitrogens with zero attached hydrogens (tertiary/aromatic N) is 2. The number of aromatic nitrogens is 1. The standard InChI is InChI=1S/C29H33N3O3S/c1-18(33)22-14-21-15-23(35-4)11-13-24(21)28-27(19-8-6-5-7-9-19)25-12-10-20(16-26(25)32(28)17-22)29(34)30-36-31(2)3/h10-16,19H,5-9,17H2,1-4H3,(H,30,34). The van der Waals surface area contributed by atoms with Crippen LogP contribution in [0.2, 0.25) is 0 Å². The number of rotatable bonds is 6. The van der Waals surface area contributed by atoms with Gasteiger partial charge in [-0.05, 0) is 87.3 Å². The maximum atomic E-state index is 12.9. The third-order valence-corrected chi connectivity index (χ3v) is 7.97. The monoisotopic (exact) mass is 503 g/mol. The molecular formula is C29H33N3O3S. The largest absolute Gasteiger partial charge is 0.497 e.